The van der Waals surface area contributed by atoms with E-state index in [9.17, 15) is 14.0 Å². The van der Waals surface area contributed by atoms with Crippen LogP contribution in [0.5, 0.6) is 0 Å². The molecule has 8 nitrogen and oxygen atoms in total. The second kappa shape index (κ2) is 7.83. The van der Waals surface area contributed by atoms with Crippen molar-refractivity contribution in [3.05, 3.63) is 63.7 Å². The summed E-state index contributed by atoms with van der Waals surface area (Å²) in [5.74, 6) is 0.624. The summed E-state index contributed by atoms with van der Waals surface area (Å²) in [5, 5.41) is 4.96. The van der Waals surface area contributed by atoms with Crippen molar-refractivity contribution in [1.82, 2.24) is 24.2 Å². The molecule has 0 spiro atoms. The number of benzene rings is 1. The molecule has 3 aromatic rings. The first-order valence-corrected chi connectivity index (χ1v) is 12.4. The number of ether oxygens (including phenoxy) is 1. The van der Waals surface area contributed by atoms with Gasteiger partial charge in [-0.3, -0.25) is 9.47 Å². The second-order valence-electron chi connectivity index (χ2n) is 10.9. The van der Waals surface area contributed by atoms with E-state index in [0.29, 0.717) is 23.5 Å². The molecular formula is C26H30FN5O3. The molecule has 2 unspecified atom stereocenters. The summed E-state index contributed by atoms with van der Waals surface area (Å²) in [7, 11) is 0. The van der Waals surface area contributed by atoms with Gasteiger partial charge in [-0.2, -0.15) is 5.10 Å². The minimum absolute atomic E-state index is 0.00881. The quantitative estimate of drug-likeness (QED) is 0.587. The van der Waals surface area contributed by atoms with E-state index in [4.69, 9.17) is 9.84 Å². The number of imidazole rings is 1. The predicted octanol–water partition coefficient (Wildman–Crippen LogP) is 4.75. The summed E-state index contributed by atoms with van der Waals surface area (Å²) in [5.41, 5.74) is 2.25. The first-order valence-electron chi connectivity index (χ1n) is 12.4. The molecule has 1 aliphatic carbocycles. The molecule has 1 N–H and O–H groups in total. The van der Waals surface area contributed by atoms with Crippen molar-refractivity contribution in [2.45, 2.75) is 82.9 Å². The lowest BCUT2D eigenvalue weighted by Crippen LogP contribution is -2.51. The van der Waals surface area contributed by atoms with Gasteiger partial charge in [0.05, 0.1) is 17.4 Å². The minimum Gasteiger partial charge on any atom is -0.444 e. The Morgan fingerprint density at radius 2 is 2.00 bits per heavy atom. The summed E-state index contributed by atoms with van der Waals surface area (Å²) in [4.78, 5) is 30.7. The van der Waals surface area contributed by atoms with Crippen molar-refractivity contribution in [3.8, 4) is 11.5 Å². The Kier molecular flexibility index (Phi) is 4.95. The number of fused-ring (bicyclic) bond motifs is 4. The molecule has 0 radical (unpaired) electrons. The van der Waals surface area contributed by atoms with Crippen LogP contribution < -0.4 is 5.69 Å². The lowest BCUT2D eigenvalue weighted by molar-refractivity contribution is -0.00973. The molecule has 1 aromatic carbocycles. The molecule has 1 saturated carbocycles. The van der Waals surface area contributed by atoms with Crippen LogP contribution in [0, 0.1) is 5.82 Å². The van der Waals surface area contributed by atoms with E-state index in [1.165, 1.54) is 10.6 Å². The Morgan fingerprint density at radius 3 is 2.69 bits per heavy atom. The Morgan fingerprint density at radius 1 is 1.20 bits per heavy atom. The number of carbonyl (C=O) groups excluding carboxylic acids is 1. The number of nitrogens with one attached hydrogen (secondary N) is 1. The van der Waals surface area contributed by atoms with Crippen LogP contribution in [-0.2, 0) is 11.2 Å². The Balaban J connectivity index is 1.53. The topological polar surface area (TPSA) is 85.2 Å². The molecule has 3 aliphatic rings. The molecule has 6 rings (SSSR count). The third kappa shape index (κ3) is 3.77. The van der Waals surface area contributed by atoms with Gasteiger partial charge in [0.15, 0.2) is 0 Å². The standard InChI is InChI=1S/C26H30FN5O3/c1-26(2,3)35-25(34)31-16-5-4-6-21(31)22-20(14-16)29-32(23(22)30-12-11-28-24(30)33)17-9-10-19(27)18(13-17)15-7-8-15/h9-13,15-16,21H,4-8,14H2,1-3H3,(H,28,33). The zero-order valence-electron chi connectivity index (χ0n) is 20.3. The largest absolute Gasteiger partial charge is 0.444 e. The summed E-state index contributed by atoms with van der Waals surface area (Å²) in [6.45, 7) is 5.60. The molecule has 2 aliphatic heterocycles. The highest BCUT2D eigenvalue weighted by Crippen LogP contribution is 2.46. The van der Waals surface area contributed by atoms with Crippen LogP contribution >= 0.6 is 0 Å². The number of hydrogen-bond donors (Lipinski definition) is 1. The van der Waals surface area contributed by atoms with Gasteiger partial charge in [-0.25, -0.2) is 18.7 Å². The number of aromatic amines is 1. The number of amides is 1. The van der Waals surface area contributed by atoms with Crippen molar-refractivity contribution in [2.24, 2.45) is 0 Å². The van der Waals surface area contributed by atoms with Crippen LogP contribution in [0.3, 0.4) is 0 Å². The molecule has 2 aromatic heterocycles. The van der Waals surface area contributed by atoms with E-state index in [1.807, 2.05) is 31.7 Å². The average Bonchev–Trinajstić information content (AvgIpc) is 3.44. The highest BCUT2D eigenvalue weighted by atomic mass is 19.1. The van der Waals surface area contributed by atoms with Gasteiger partial charge in [-0.1, -0.05) is 0 Å². The fraction of sp³-hybridized carbons (Fsp3) is 0.500. The first kappa shape index (κ1) is 22.1. The number of hydrogen-bond acceptors (Lipinski definition) is 4. The molecule has 4 heterocycles. The molecule has 2 fully saturated rings. The normalized spacial score (nSPS) is 21.7. The van der Waals surface area contributed by atoms with Crippen molar-refractivity contribution in [3.63, 3.8) is 0 Å². The monoisotopic (exact) mass is 479 g/mol. The van der Waals surface area contributed by atoms with Crippen molar-refractivity contribution in [1.29, 1.82) is 0 Å². The van der Waals surface area contributed by atoms with E-state index < -0.39 is 5.60 Å². The molecule has 9 heteroatoms. The number of carbonyl (C=O) groups is 1. The number of rotatable bonds is 3. The van der Waals surface area contributed by atoms with Crippen molar-refractivity contribution in [2.75, 3.05) is 0 Å². The molecule has 184 valence electrons. The van der Waals surface area contributed by atoms with E-state index >= 15 is 0 Å². The number of nitrogens with zero attached hydrogens (tertiary/aromatic N) is 4. The van der Waals surface area contributed by atoms with Gasteiger partial charge in [0.25, 0.3) is 0 Å². The zero-order valence-corrected chi connectivity index (χ0v) is 20.3. The molecule has 1 saturated heterocycles. The molecule has 1 amide bonds. The number of piperidine rings is 1. The summed E-state index contributed by atoms with van der Waals surface area (Å²) >= 11 is 0. The van der Waals surface area contributed by atoms with Crippen LogP contribution in [0.15, 0.2) is 35.4 Å². The first-order chi connectivity index (χ1) is 16.7. The van der Waals surface area contributed by atoms with Gasteiger partial charge < -0.3 is 9.72 Å². The summed E-state index contributed by atoms with van der Waals surface area (Å²) in [6, 6.07) is 4.79. The maximum absolute atomic E-state index is 14.5. The fourth-order valence-corrected chi connectivity index (χ4v) is 5.60. The summed E-state index contributed by atoms with van der Waals surface area (Å²) in [6.07, 6.45) is 8.09. The van der Waals surface area contributed by atoms with E-state index in [0.717, 1.165) is 43.4 Å². The number of aromatic nitrogens is 4. The van der Waals surface area contributed by atoms with Crippen molar-refractivity contribution >= 4 is 6.09 Å². The van der Waals surface area contributed by atoms with Gasteiger partial charge >= 0.3 is 11.8 Å². The molecule has 2 bridgehead atoms. The third-order valence-corrected chi connectivity index (χ3v) is 7.20. The molecule has 35 heavy (non-hydrogen) atoms. The Labute approximate surface area is 202 Å². The third-order valence-electron chi connectivity index (χ3n) is 7.20. The highest BCUT2D eigenvalue weighted by Gasteiger charge is 2.45. The van der Waals surface area contributed by atoms with Crippen LogP contribution in [0.1, 0.15) is 81.7 Å². The van der Waals surface area contributed by atoms with Crippen LogP contribution in [-0.4, -0.2) is 42.0 Å². The maximum atomic E-state index is 14.5. The minimum atomic E-state index is -0.608. The lowest BCUT2D eigenvalue weighted by atomic mass is 9.83. The van der Waals surface area contributed by atoms with E-state index in [-0.39, 0.29) is 35.6 Å². The highest BCUT2D eigenvalue weighted by molar-refractivity contribution is 5.71. The fourth-order valence-electron chi connectivity index (χ4n) is 5.60. The SMILES string of the molecule is CC(C)(C)OC(=O)N1C2CCCC1c1c(nn(-c3ccc(F)c(C4CC4)c3)c1-n1cc[nH]c1=O)C2. The maximum Gasteiger partial charge on any atom is 0.411 e. The number of H-pyrrole nitrogens is 1. The van der Waals surface area contributed by atoms with Gasteiger partial charge in [0.2, 0.25) is 0 Å². The van der Waals surface area contributed by atoms with Crippen LogP contribution in [0.25, 0.3) is 11.5 Å². The summed E-state index contributed by atoms with van der Waals surface area (Å²) < 4.78 is 23.6. The van der Waals surface area contributed by atoms with Gasteiger partial charge in [-0.05, 0) is 82.6 Å². The van der Waals surface area contributed by atoms with Gasteiger partial charge in [0, 0.05) is 30.4 Å². The average molecular weight is 480 g/mol. The van der Waals surface area contributed by atoms with E-state index in [2.05, 4.69) is 4.98 Å². The second-order valence-corrected chi connectivity index (χ2v) is 10.9. The van der Waals surface area contributed by atoms with Gasteiger partial charge in [0.1, 0.15) is 17.2 Å². The molecule has 2 atom stereocenters. The smallest absolute Gasteiger partial charge is 0.411 e. The van der Waals surface area contributed by atoms with E-state index in [1.54, 1.807) is 23.1 Å². The Bertz CT molecular complexity index is 1360. The van der Waals surface area contributed by atoms with Crippen molar-refractivity contribution < 1.29 is 13.9 Å². The van der Waals surface area contributed by atoms with Crippen LogP contribution in [0.4, 0.5) is 9.18 Å². The zero-order chi connectivity index (χ0) is 24.5. The Hall–Kier alpha value is -3.36. The number of halogens is 1. The van der Waals surface area contributed by atoms with Crippen LogP contribution in [0.2, 0.25) is 0 Å². The van der Waals surface area contributed by atoms with Gasteiger partial charge in [-0.15, -0.1) is 0 Å². The predicted molar refractivity (Wildman–Crippen MR) is 128 cm³/mol. The molecular weight excluding hydrogens is 449 g/mol. The lowest BCUT2D eigenvalue weighted by Gasteiger charge is -2.45.